The van der Waals surface area contributed by atoms with Crippen LogP contribution in [0.3, 0.4) is 0 Å². The van der Waals surface area contributed by atoms with E-state index in [1.807, 2.05) is 0 Å². The minimum Gasteiger partial charge on any atom is -0.502 e. The molecule has 1 fully saturated rings. The van der Waals surface area contributed by atoms with E-state index in [9.17, 15) is 4.79 Å². The van der Waals surface area contributed by atoms with Crippen molar-refractivity contribution in [3.05, 3.63) is 12.8 Å². The van der Waals surface area contributed by atoms with Crippen LogP contribution in [0.2, 0.25) is 0 Å². The summed E-state index contributed by atoms with van der Waals surface area (Å²) in [6.45, 7) is 4.68. The summed E-state index contributed by atoms with van der Waals surface area (Å²) in [5.41, 5.74) is 5.86. The Labute approximate surface area is 97.2 Å². The lowest BCUT2D eigenvalue weighted by atomic mass is 9.94. The van der Waals surface area contributed by atoms with Crippen molar-refractivity contribution < 1.29 is 9.53 Å². The second kappa shape index (κ2) is 6.53. The third-order valence-corrected chi connectivity index (χ3v) is 2.99. The Morgan fingerprint density at radius 3 is 2.81 bits per heavy atom. The number of amides is 1. The van der Waals surface area contributed by atoms with Crippen molar-refractivity contribution in [1.82, 2.24) is 5.32 Å². The zero-order chi connectivity index (χ0) is 11.9. The Balaban J connectivity index is 2.08. The summed E-state index contributed by atoms with van der Waals surface area (Å²) < 4.78 is 4.96. The van der Waals surface area contributed by atoms with E-state index in [-0.39, 0.29) is 11.4 Å². The molecule has 92 valence electrons. The topological polar surface area (TPSA) is 64.3 Å². The van der Waals surface area contributed by atoms with Gasteiger partial charge < -0.3 is 15.8 Å². The van der Waals surface area contributed by atoms with Crippen LogP contribution in [0.15, 0.2) is 12.8 Å². The smallest absolute Gasteiger partial charge is 0.221 e. The minimum atomic E-state index is -0.248. The van der Waals surface area contributed by atoms with E-state index in [2.05, 4.69) is 11.9 Å². The second-order valence-electron chi connectivity index (χ2n) is 4.49. The van der Waals surface area contributed by atoms with Crippen LogP contribution in [0.5, 0.6) is 0 Å². The molecular formula is C12H22N2O2. The lowest BCUT2D eigenvalue weighted by Crippen LogP contribution is -2.42. The molecule has 1 rings (SSSR count). The maximum atomic E-state index is 11.6. The van der Waals surface area contributed by atoms with Gasteiger partial charge in [0.1, 0.15) is 0 Å². The average molecular weight is 226 g/mol. The quantitative estimate of drug-likeness (QED) is 0.508. The van der Waals surface area contributed by atoms with Crippen molar-refractivity contribution in [3.8, 4) is 0 Å². The molecule has 0 radical (unpaired) electrons. The first-order chi connectivity index (χ1) is 7.66. The summed E-state index contributed by atoms with van der Waals surface area (Å²) in [6, 6.07) is 0. The standard InChI is InChI=1S/C12H22N2O2/c1-2-16-9-5-8-14-11(15)10-12(13)6-3-4-7-12/h2H,1,3-10,13H2,(H,14,15). The van der Waals surface area contributed by atoms with Gasteiger partial charge in [0, 0.05) is 18.5 Å². The average Bonchev–Trinajstić information content (AvgIpc) is 2.64. The SMILES string of the molecule is C=COCCCNC(=O)CC1(N)CCCC1. The molecule has 0 aromatic heterocycles. The van der Waals surface area contributed by atoms with Crippen LogP contribution in [-0.2, 0) is 9.53 Å². The van der Waals surface area contributed by atoms with Crippen LogP contribution in [-0.4, -0.2) is 24.6 Å². The lowest BCUT2D eigenvalue weighted by Gasteiger charge is -2.22. The number of rotatable bonds is 7. The van der Waals surface area contributed by atoms with E-state index < -0.39 is 0 Å². The van der Waals surface area contributed by atoms with Gasteiger partial charge in [-0.3, -0.25) is 4.79 Å². The van der Waals surface area contributed by atoms with E-state index in [4.69, 9.17) is 10.5 Å². The normalized spacial score (nSPS) is 18.1. The molecule has 0 bridgehead atoms. The van der Waals surface area contributed by atoms with E-state index >= 15 is 0 Å². The molecule has 16 heavy (non-hydrogen) atoms. The Morgan fingerprint density at radius 2 is 2.19 bits per heavy atom. The summed E-state index contributed by atoms with van der Waals surface area (Å²) in [7, 11) is 0. The highest BCUT2D eigenvalue weighted by molar-refractivity contribution is 5.77. The predicted molar refractivity (Wildman–Crippen MR) is 63.8 cm³/mol. The minimum absolute atomic E-state index is 0.0583. The van der Waals surface area contributed by atoms with E-state index in [0.29, 0.717) is 19.6 Å². The highest BCUT2D eigenvalue weighted by Gasteiger charge is 2.31. The Bertz CT molecular complexity index is 235. The fourth-order valence-corrected chi connectivity index (χ4v) is 2.10. The molecule has 0 heterocycles. The van der Waals surface area contributed by atoms with Crippen molar-refractivity contribution >= 4 is 5.91 Å². The first-order valence-electron chi connectivity index (χ1n) is 5.94. The molecule has 0 aromatic rings. The predicted octanol–water partition coefficient (Wildman–Crippen LogP) is 1.31. The van der Waals surface area contributed by atoms with Gasteiger partial charge >= 0.3 is 0 Å². The maximum Gasteiger partial charge on any atom is 0.221 e. The van der Waals surface area contributed by atoms with Gasteiger partial charge in [-0.15, -0.1) is 0 Å². The molecule has 1 aliphatic rings. The first kappa shape index (κ1) is 13.0. The molecule has 4 nitrogen and oxygen atoms in total. The van der Waals surface area contributed by atoms with Gasteiger partial charge in [0.25, 0.3) is 0 Å². The number of carbonyl (C=O) groups is 1. The number of hydrogen-bond donors (Lipinski definition) is 2. The third kappa shape index (κ3) is 4.66. The van der Waals surface area contributed by atoms with Gasteiger partial charge in [-0.2, -0.15) is 0 Å². The number of nitrogens with two attached hydrogens (primary N) is 1. The summed E-state index contributed by atoms with van der Waals surface area (Å²) in [4.78, 5) is 11.6. The molecule has 0 atom stereocenters. The zero-order valence-electron chi connectivity index (χ0n) is 9.84. The molecule has 0 unspecified atom stereocenters. The Kier molecular flexibility index (Phi) is 5.32. The second-order valence-corrected chi connectivity index (χ2v) is 4.49. The summed E-state index contributed by atoms with van der Waals surface area (Å²) in [5, 5.41) is 2.86. The van der Waals surface area contributed by atoms with Crippen LogP contribution >= 0.6 is 0 Å². The molecule has 0 spiro atoms. The molecule has 4 heteroatoms. The van der Waals surface area contributed by atoms with Crippen LogP contribution in [0.25, 0.3) is 0 Å². The fourth-order valence-electron chi connectivity index (χ4n) is 2.10. The van der Waals surface area contributed by atoms with Gasteiger partial charge in [-0.05, 0) is 19.3 Å². The largest absolute Gasteiger partial charge is 0.502 e. The van der Waals surface area contributed by atoms with Crippen LogP contribution in [0, 0.1) is 0 Å². The van der Waals surface area contributed by atoms with Crippen molar-refractivity contribution in [2.75, 3.05) is 13.2 Å². The van der Waals surface area contributed by atoms with Crippen molar-refractivity contribution in [2.24, 2.45) is 5.73 Å². The van der Waals surface area contributed by atoms with Crippen molar-refractivity contribution in [3.63, 3.8) is 0 Å². The first-order valence-corrected chi connectivity index (χ1v) is 5.94. The number of carbonyl (C=O) groups excluding carboxylic acids is 1. The Morgan fingerprint density at radius 1 is 1.50 bits per heavy atom. The molecule has 1 aliphatic carbocycles. The Hall–Kier alpha value is -1.03. The lowest BCUT2D eigenvalue weighted by molar-refractivity contribution is -0.122. The molecule has 0 saturated heterocycles. The van der Waals surface area contributed by atoms with E-state index in [1.54, 1.807) is 0 Å². The van der Waals surface area contributed by atoms with Gasteiger partial charge in [-0.1, -0.05) is 19.4 Å². The van der Waals surface area contributed by atoms with Crippen molar-refractivity contribution in [2.45, 2.75) is 44.1 Å². The number of hydrogen-bond acceptors (Lipinski definition) is 3. The van der Waals surface area contributed by atoms with Gasteiger partial charge in [-0.25, -0.2) is 0 Å². The van der Waals surface area contributed by atoms with Crippen LogP contribution in [0.4, 0.5) is 0 Å². The van der Waals surface area contributed by atoms with Crippen molar-refractivity contribution in [1.29, 1.82) is 0 Å². The number of nitrogens with one attached hydrogen (secondary N) is 1. The van der Waals surface area contributed by atoms with Gasteiger partial charge in [0.15, 0.2) is 0 Å². The number of ether oxygens (including phenoxy) is 1. The molecule has 0 aromatic carbocycles. The van der Waals surface area contributed by atoms with E-state index in [1.165, 1.54) is 6.26 Å². The summed E-state index contributed by atoms with van der Waals surface area (Å²) in [5.74, 6) is 0.0583. The highest BCUT2D eigenvalue weighted by atomic mass is 16.5. The molecule has 3 N–H and O–H groups in total. The van der Waals surface area contributed by atoms with E-state index in [0.717, 1.165) is 32.1 Å². The monoisotopic (exact) mass is 226 g/mol. The highest BCUT2D eigenvalue weighted by Crippen LogP contribution is 2.29. The molecule has 1 saturated carbocycles. The summed E-state index contributed by atoms with van der Waals surface area (Å²) >= 11 is 0. The fraction of sp³-hybridized carbons (Fsp3) is 0.750. The third-order valence-electron chi connectivity index (χ3n) is 2.99. The van der Waals surface area contributed by atoms with Gasteiger partial charge in [0.05, 0.1) is 12.9 Å². The molecular weight excluding hydrogens is 204 g/mol. The van der Waals surface area contributed by atoms with Crippen LogP contribution < -0.4 is 11.1 Å². The van der Waals surface area contributed by atoms with Crippen LogP contribution in [0.1, 0.15) is 38.5 Å². The molecule has 0 aliphatic heterocycles. The summed E-state index contributed by atoms with van der Waals surface area (Å²) in [6.07, 6.45) is 6.91. The maximum absolute atomic E-state index is 11.6. The molecule has 1 amide bonds. The van der Waals surface area contributed by atoms with Gasteiger partial charge in [0.2, 0.25) is 5.91 Å². The zero-order valence-corrected chi connectivity index (χ0v) is 9.84.